The number of hydrogen-bond donors (Lipinski definition) is 2. The van der Waals surface area contributed by atoms with Crippen LogP contribution < -0.4 is 10.6 Å². The summed E-state index contributed by atoms with van der Waals surface area (Å²) in [5.74, 6) is 1.02. The highest BCUT2D eigenvalue weighted by Crippen LogP contribution is 2.23. The average molecular weight is 267 g/mol. The molecule has 19 heavy (non-hydrogen) atoms. The van der Waals surface area contributed by atoms with Gasteiger partial charge in [0.15, 0.2) is 0 Å². The van der Waals surface area contributed by atoms with Crippen molar-refractivity contribution in [3.63, 3.8) is 0 Å². The summed E-state index contributed by atoms with van der Waals surface area (Å²) in [6.07, 6.45) is 6.71. The first kappa shape index (κ1) is 14.8. The summed E-state index contributed by atoms with van der Waals surface area (Å²) in [7, 11) is 2.19. The van der Waals surface area contributed by atoms with Gasteiger partial charge in [-0.15, -0.1) is 0 Å². The molecule has 0 bridgehead atoms. The Morgan fingerprint density at radius 1 is 1.42 bits per heavy atom. The van der Waals surface area contributed by atoms with E-state index in [0.717, 1.165) is 44.7 Å². The summed E-state index contributed by atoms with van der Waals surface area (Å²) in [5.41, 5.74) is -0.271. The Kier molecular flexibility index (Phi) is 5.22. The largest absolute Gasteiger partial charge is 0.354 e. The minimum absolute atomic E-state index is 0.223. The average Bonchev–Trinajstić information content (AvgIpc) is 2.91. The molecule has 4 nitrogen and oxygen atoms in total. The first-order chi connectivity index (χ1) is 9.16. The molecule has 0 aromatic carbocycles. The Hall–Kier alpha value is -0.610. The van der Waals surface area contributed by atoms with Crippen LogP contribution in [-0.2, 0) is 4.79 Å². The lowest BCUT2D eigenvalue weighted by Gasteiger charge is -2.30. The van der Waals surface area contributed by atoms with Gasteiger partial charge in [-0.1, -0.05) is 6.92 Å². The van der Waals surface area contributed by atoms with E-state index in [2.05, 4.69) is 29.5 Å². The molecule has 2 heterocycles. The van der Waals surface area contributed by atoms with Crippen LogP contribution in [-0.4, -0.2) is 49.6 Å². The van der Waals surface area contributed by atoms with E-state index in [1.54, 1.807) is 0 Å². The fourth-order valence-electron chi connectivity index (χ4n) is 3.37. The molecule has 0 radical (unpaired) electrons. The fourth-order valence-corrected chi connectivity index (χ4v) is 3.37. The Labute approximate surface area is 117 Å². The smallest absolute Gasteiger partial charge is 0.240 e. The quantitative estimate of drug-likeness (QED) is 0.791. The van der Waals surface area contributed by atoms with Gasteiger partial charge in [-0.2, -0.15) is 0 Å². The molecule has 2 saturated heterocycles. The Balaban J connectivity index is 1.69. The highest BCUT2D eigenvalue weighted by Gasteiger charge is 2.38. The van der Waals surface area contributed by atoms with E-state index in [4.69, 9.17) is 0 Å². The number of carbonyl (C=O) groups is 1. The maximum atomic E-state index is 12.3. The van der Waals surface area contributed by atoms with Crippen LogP contribution in [0.4, 0.5) is 0 Å². The second-order valence-electron chi connectivity index (χ2n) is 6.26. The van der Waals surface area contributed by atoms with Crippen LogP contribution in [0.3, 0.4) is 0 Å². The van der Waals surface area contributed by atoms with Gasteiger partial charge in [0.25, 0.3) is 0 Å². The molecule has 1 unspecified atom stereocenters. The van der Waals surface area contributed by atoms with Gasteiger partial charge in [-0.05, 0) is 71.1 Å². The normalized spacial score (nSPS) is 29.6. The number of likely N-dealkylation sites (tertiary alicyclic amines) is 1. The first-order valence-corrected chi connectivity index (χ1v) is 7.88. The van der Waals surface area contributed by atoms with Crippen molar-refractivity contribution in [3.05, 3.63) is 0 Å². The van der Waals surface area contributed by atoms with Crippen LogP contribution in [0.25, 0.3) is 0 Å². The van der Waals surface area contributed by atoms with Crippen molar-refractivity contribution in [2.75, 3.05) is 33.2 Å². The van der Waals surface area contributed by atoms with E-state index in [9.17, 15) is 4.79 Å². The van der Waals surface area contributed by atoms with Gasteiger partial charge < -0.3 is 15.5 Å². The molecule has 110 valence electrons. The zero-order valence-electron chi connectivity index (χ0n) is 12.5. The van der Waals surface area contributed by atoms with Crippen LogP contribution in [0.1, 0.15) is 45.4 Å². The van der Waals surface area contributed by atoms with Gasteiger partial charge in [-0.3, -0.25) is 4.79 Å². The lowest BCUT2D eigenvalue weighted by molar-refractivity contribution is -0.127. The highest BCUT2D eigenvalue weighted by molar-refractivity contribution is 5.86. The minimum atomic E-state index is -0.271. The van der Waals surface area contributed by atoms with Crippen molar-refractivity contribution < 1.29 is 4.79 Å². The Morgan fingerprint density at radius 3 is 2.74 bits per heavy atom. The third kappa shape index (κ3) is 3.69. The molecule has 4 heteroatoms. The SMILES string of the molecule is CCC1(C(=O)NCCC2CCN(C)CC2)CCCN1. The fraction of sp³-hybridized carbons (Fsp3) is 0.933. The van der Waals surface area contributed by atoms with Crippen molar-refractivity contribution in [2.24, 2.45) is 5.92 Å². The molecule has 1 atom stereocenters. The summed E-state index contributed by atoms with van der Waals surface area (Å²) in [5, 5.41) is 6.55. The second-order valence-corrected chi connectivity index (χ2v) is 6.26. The number of amides is 1. The van der Waals surface area contributed by atoms with Crippen LogP contribution >= 0.6 is 0 Å². The summed E-state index contributed by atoms with van der Waals surface area (Å²) in [6, 6.07) is 0. The van der Waals surface area contributed by atoms with Gasteiger partial charge in [0.2, 0.25) is 5.91 Å². The number of carbonyl (C=O) groups excluding carboxylic acids is 1. The topological polar surface area (TPSA) is 44.4 Å². The van der Waals surface area contributed by atoms with Gasteiger partial charge in [0.1, 0.15) is 0 Å². The van der Waals surface area contributed by atoms with E-state index < -0.39 is 0 Å². The van der Waals surface area contributed by atoms with Crippen LogP contribution in [0, 0.1) is 5.92 Å². The number of piperidine rings is 1. The molecule has 0 aromatic rings. The Bertz CT molecular complexity index is 292. The summed E-state index contributed by atoms with van der Waals surface area (Å²) >= 11 is 0. The molecule has 2 fully saturated rings. The zero-order valence-corrected chi connectivity index (χ0v) is 12.5. The van der Waals surface area contributed by atoms with Gasteiger partial charge in [-0.25, -0.2) is 0 Å². The summed E-state index contributed by atoms with van der Waals surface area (Å²) in [6.45, 7) is 6.35. The standard InChI is InChI=1S/C15H29N3O/c1-3-15(8-4-9-17-15)14(19)16-10-5-13-6-11-18(2)12-7-13/h13,17H,3-12H2,1-2H3,(H,16,19). The van der Waals surface area contributed by atoms with Crippen molar-refractivity contribution in [1.82, 2.24) is 15.5 Å². The highest BCUT2D eigenvalue weighted by atomic mass is 16.2. The number of hydrogen-bond acceptors (Lipinski definition) is 3. The molecule has 1 amide bonds. The van der Waals surface area contributed by atoms with Crippen LogP contribution in [0.15, 0.2) is 0 Å². The van der Waals surface area contributed by atoms with Gasteiger partial charge in [0, 0.05) is 6.54 Å². The van der Waals surface area contributed by atoms with E-state index in [1.807, 2.05) is 0 Å². The predicted octanol–water partition coefficient (Wildman–Crippen LogP) is 1.37. The number of nitrogens with one attached hydrogen (secondary N) is 2. The molecule has 0 aliphatic carbocycles. The third-order valence-electron chi connectivity index (χ3n) is 4.96. The molecule has 0 spiro atoms. The summed E-state index contributed by atoms with van der Waals surface area (Å²) in [4.78, 5) is 14.7. The monoisotopic (exact) mass is 267 g/mol. The lowest BCUT2D eigenvalue weighted by Crippen LogP contribution is -2.53. The van der Waals surface area contributed by atoms with E-state index in [0.29, 0.717) is 0 Å². The molecule has 2 N–H and O–H groups in total. The maximum Gasteiger partial charge on any atom is 0.240 e. The first-order valence-electron chi connectivity index (χ1n) is 7.88. The molecule has 0 aromatic heterocycles. The van der Waals surface area contributed by atoms with Crippen molar-refractivity contribution >= 4 is 5.91 Å². The molecule has 2 aliphatic heterocycles. The molecule has 2 aliphatic rings. The number of rotatable bonds is 5. The van der Waals surface area contributed by atoms with Crippen LogP contribution in [0.5, 0.6) is 0 Å². The molecule has 0 saturated carbocycles. The second kappa shape index (κ2) is 6.71. The number of nitrogens with zero attached hydrogens (tertiary/aromatic N) is 1. The van der Waals surface area contributed by atoms with E-state index >= 15 is 0 Å². The van der Waals surface area contributed by atoms with Crippen molar-refractivity contribution in [3.8, 4) is 0 Å². The maximum absolute atomic E-state index is 12.3. The lowest BCUT2D eigenvalue weighted by atomic mass is 9.92. The third-order valence-corrected chi connectivity index (χ3v) is 4.96. The van der Waals surface area contributed by atoms with Gasteiger partial charge >= 0.3 is 0 Å². The Morgan fingerprint density at radius 2 is 2.16 bits per heavy atom. The van der Waals surface area contributed by atoms with Gasteiger partial charge in [0.05, 0.1) is 5.54 Å². The van der Waals surface area contributed by atoms with E-state index in [1.165, 1.54) is 25.9 Å². The summed E-state index contributed by atoms with van der Waals surface area (Å²) < 4.78 is 0. The van der Waals surface area contributed by atoms with E-state index in [-0.39, 0.29) is 11.4 Å². The minimum Gasteiger partial charge on any atom is -0.354 e. The molecular weight excluding hydrogens is 238 g/mol. The van der Waals surface area contributed by atoms with Crippen molar-refractivity contribution in [1.29, 1.82) is 0 Å². The molecular formula is C15H29N3O. The van der Waals surface area contributed by atoms with Crippen LogP contribution in [0.2, 0.25) is 0 Å². The zero-order chi connectivity index (χ0) is 13.7. The molecule has 2 rings (SSSR count). The van der Waals surface area contributed by atoms with Crippen molar-refractivity contribution in [2.45, 2.75) is 51.0 Å². The predicted molar refractivity (Wildman–Crippen MR) is 78.1 cm³/mol.